The largest absolute Gasteiger partial charge is 0.480 e. The molecule has 0 aromatic carbocycles. The molecule has 2 aliphatic rings. The van der Waals surface area contributed by atoms with E-state index < -0.39 is 12.0 Å². The molecule has 0 bridgehead atoms. The van der Waals surface area contributed by atoms with Crippen LogP contribution in [0.15, 0.2) is 0 Å². The molecule has 0 aromatic heterocycles. The highest BCUT2D eigenvalue weighted by Crippen LogP contribution is 2.24. The number of rotatable bonds is 4. The predicted octanol–water partition coefficient (Wildman–Crippen LogP) is 1.18. The Kier molecular flexibility index (Phi) is 4.80. The lowest BCUT2D eigenvalue weighted by Gasteiger charge is -2.37. The number of carbonyl (C=O) groups is 2. The molecule has 2 unspecified atom stereocenters. The molecular weight excluding hydrogens is 244 g/mol. The van der Waals surface area contributed by atoms with E-state index in [4.69, 9.17) is 0 Å². The van der Waals surface area contributed by atoms with Gasteiger partial charge in [0.25, 0.3) is 0 Å². The Hall–Kier alpha value is -1.10. The normalized spacial score (nSPS) is 28.6. The van der Waals surface area contributed by atoms with E-state index in [9.17, 15) is 14.7 Å². The average Bonchev–Trinajstić information content (AvgIpc) is 2.88. The molecule has 2 rings (SSSR count). The minimum atomic E-state index is -0.860. The molecule has 0 aliphatic carbocycles. The highest BCUT2D eigenvalue weighted by molar-refractivity contribution is 5.84. The van der Waals surface area contributed by atoms with Crippen molar-refractivity contribution in [1.82, 2.24) is 9.80 Å². The number of carboxylic acid groups (broad SMARTS) is 1. The second kappa shape index (κ2) is 6.37. The lowest BCUT2D eigenvalue weighted by Crippen LogP contribution is -2.52. The van der Waals surface area contributed by atoms with Crippen molar-refractivity contribution in [3.63, 3.8) is 0 Å². The summed E-state index contributed by atoms with van der Waals surface area (Å²) < 4.78 is 0. The van der Waals surface area contributed by atoms with Gasteiger partial charge in [-0.3, -0.25) is 4.79 Å². The van der Waals surface area contributed by atoms with E-state index in [0.717, 1.165) is 32.5 Å². The Labute approximate surface area is 114 Å². The van der Waals surface area contributed by atoms with Crippen molar-refractivity contribution in [2.24, 2.45) is 5.92 Å². The first-order valence-corrected chi connectivity index (χ1v) is 7.34. The summed E-state index contributed by atoms with van der Waals surface area (Å²) in [5.41, 5.74) is 0. The number of likely N-dealkylation sites (tertiary alicyclic amines) is 2. The fourth-order valence-electron chi connectivity index (χ4n) is 3.25. The Bertz CT molecular complexity index is 340. The standard InChI is InChI=1S/C14H24N2O3/c1-11-5-4-9-16(13(11)14(18)19)12(17)6-10-15-7-2-3-8-15/h11,13H,2-10H2,1H3,(H,18,19). The molecule has 2 saturated heterocycles. The van der Waals surface area contributed by atoms with Gasteiger partial charge in [-0.1, -0.05) is 6.92 Å². The molecule has 2 fully saturated rings. The van der Waals surface area contributed by atoms with E-state index in [1.807, 2.05) is 6.92 Å². The molecular formula is C14H24N2O3. The Morgan fingerprint density at radius 2 is 1.84 bits per heavy atom. The van der Waals surface area contributed by atoms with E-state index >= 15 is 0 Å². The summed E-state index contributed by atoms with van der Waals surface area (Å²) >= 11 is 0. The number of carbonyl (C=O) groups excluding carboxylic acids is 1. The van der Waals surface area contributed by atoms with Gasteiger partial charge in [-0.05, 0) is 44.7 Å². The van der Waals surface area contributed by atoms with E-state index in [1.165, 1.54) is 12.8 Å². The number of carboxylic acids is 1. The van der Waals surface area contributed by atoms with Gasteiger partial charge in [0.1, 0.15) is 6.04 Å². The van der Waals surface area contributed by atoms with E-state index in [2.05, 4.69) is 4.90 Å². The lowest BCUT2D eigenvalue weighted by molar-refractivity contribution is -0.154. The van der Waals surface area contributed by atoms with Gasteiger partial charge in [-0.15, -0.1) is 0 Å². The Morgan fingerprint density at radius 1 is 1.16 bits per heavy atom. The zero-order valence-corrected chi connectivity index (χ0v) is 11.7. The summed E-state index contributed by atoms with van der Waals surface area (Å²) in [6.45, 7) is 5.45. The summed E-state index contributed by atoms with van der Waals surface area (Å²) in [6, 6.07) is -0.625. The molecule has 5 heteroatoms. The molecule has 19 heavy (non-hydrogen) atoms. The van der Waals surface area contributed by atoms with Gasteiger partial charge >= 0.3 is 5.97 Å². The molecule has 1 N–H and O–H groups in total. The molecule has 5 nitrogen and oxygen atoms in total. The van der Waals surface area contributed by atoms with Crippen LogP contribution < -0.4 is 0 Å². The summed E-state index contributed by atoms with van der Waals surface area (Å²) in [5, 5.41) is 9.30. The first-order chi connectivity index (χ1) is 9.09. The topological polar surface area (TPSA) is 60.9 Å². The highest BCUT2D eigenvalue weighted by Gasteiger charge is 2.36. The second-order valence-corrected chi connectivity index (χ2v) is 5.79. The first-order valence-electron chi connectivity index (χ1n) is 7.34. The third-order valence-corrected chi connectivity index (χ3v) is 4.35. The summed E-state index contributed by atoms with van der Waals surface area (Å²) in [5.74, 6) is -0.797. The monoisotopic (exact) mass is 268 g/mol. The van der Waals surface area contributed by atoms with Crippen molar-refractivity contribution in [3.8, 4) is 0 Å². The zero-order valence-electron chi connectivity index (χ0n) is 11.7. The second-order valence-electron chi connectivity index (χ2n) is 5.79. The number of hydrogen-bond donors (Lipinski definition) is 1. The van der Waals surface area contributed by atoms with Crippen molar-refractivity contribution in [2.45, 2.75) is 45.1 Å². The van der Waals surface area contributed by atoms with Crippen LogP contribution in [0.4, 0.5) is 0 Å². The van der Waals surface area contributed by atoms with Crippen LogP contribution in [-0.4, -0.2) is 59.0 Å². The summed E-state index contributed by atoms with van der Waals surface area (Å²) in [6.07, 6.45) is 4.70. The number of piperidine rings is 1. The van der Waals surface area contributed by atoms with Gasteiger partial charge in [0, 0.05) is 19.5 Å². The van der Waals surface area contributed by atoms with E-state index in [0.29, 0.717) is 13.0 Å². The third-order valence-electron chi connectivity index (χ3n) is 4.35. The van der Waals surface area contributed by atoms with Gasteiger partial charge in [0.2, 0.25) is 5.91 Å². The van der Waals surface area contributed by atoms with Crippen LogP contribution in [0.2, 0.25) is 0 Å². The van der Waals surface area contributed by atoms with Crippen molar-refractivity contribution in [1.29, 1.82) is 0 Å². The lowest BCUT2D eigenvalue weighted by atomic mass is 9.90. The Balaban J connectivity index is 1.89. The maximum atomic E-state index is 12.3. The Morgan fingerprint density at radius 3 is 2.47 bits per heavy atom. The van der Waals surface area contributed by atoms with Gasteiger partial charge in [0.05, 0.1) is 0 Å². The first kappa shape index (κ1) is 14.3. The van der Waals surface area contributed by atoms with Crippen LogP contribution in [0.5, 0.6) is 0 Å². The van der Waals surface area contributed by atoms with Crippen molar-refractivity contribution in [2.75, 3.05) is 26.2 Å². The van der Waals surface area contributed by atoms with Crippen LogP contribution in [-0.2, 0) is 9.59 Å². The van der Waals surface area contributed by atoms with Gasteiger partial charge in [0.15, 0.2) is 0 Å². The van der Waals surface area contributed by atoms with Crippen molar-refractivity contribution < 1.29 is 14.7 Å². The van der Waals surface area contributed by atoms with E-state index in [1.54, 1.807) is 4.90 Å². The number of hydrogen-bond acceptors (Lipinski definition) is 3. The number of aliphatic carboxylic acids is 1. The van der Waals surface area contributed by atoms with Gasteiger partial charge in [-0.2, -0.15) is 0 Å². The molecule has 0 aromatic rings. The van der Waals surface area contributed by atoms with Crippen LogP contribution >= 0.6 is 0 Å². The summed E-state index contributed by atoms with van der Waals surface area (Å²) in [7, 11) is 0. The third kappa shape index (κ3) is 3.47. The van der Waals surface area contributed by atoms with Crippen LogP contribution in [0.3, 0.4) is 0 Å². The molecule has 2 heterocycles. The highest BCUT2D eigenvalue weighted by atomic mass is 16.4. The average molecular weight is 268 g/mol. The molecule has 108 valence electrons. The van der Waals surface area contributed by atoms with Crippen molar-refractivity contribution >= 4 is 11.9 Å². The van der Waals surface area contributed by atoms with Crippen LogP contribution in [0.25, 0.3) is 0 Å². The molecule has 0 radical (unpaired) electrons. The zero-order chi connectivity index (χ0) is 13.8. The number of amides is 1. The quantitative estimate of drug-likeness (QED) is 0.832. The van der Waals surface area contributed by atoms with Gasteiger partial charge in [-0.25, -0.2) is 4.79 Å². The van der Waals surface area contributed by atoms with Crippen LogP contribution in [0, 0.1) is 5.92 Å². The fourth-order valence-corrected chi connectivity index (χ4v) is 3.25. The SMILES string of the molecule is CC1CCCN(C(=O)CCN2CCCC2)C1C(=O)O. The fraction of sp³-hybridized carbons (Fsp3) is 0.857. The minimum absolute atomic E-state index is 0.00542. The molecule has 0 saturated carbocycles. The maximum absolute atomic E-state index is 12.3. The minimum Gasteiger partial charge on any atom is -0.480 e. The molecule has 0 spiro atoms. The molecule has 2 atom stereocenters. The van der Waals surface area contributed by atoms with Gasteiger partial charge < -0.3 is 14.9 Å². The molecule has 1 amide bonds. The summed E-state index contributed by atoms with van der Waals surface area (Å²) in [4.78, 5) is 27.5. The maximum Gasteiger partial charge on any atom is 0.326 e. The molecule has 2 aliphatic heterocycles. The smallest absolute Gasteiger partial charge is 0.326 e. The van der Waals surface area contributed by atoms with E-state index in [-0.39, 0.29) is 11.8 Å². The predicted molar refractivity (Wildman–Crippen MR) is 71.8 cm³/mol. The van der Waals surface area contributed by atoms with Crippen molar-refractivity contribution in [3.05, 3.63) is 0 Å². The number of nitrogens with zero attached hydrogens (tertiary/aromatic N) is 2. The van der Waals surface area contributed by atoms with Crippen LogP contribution in [0.1, 0.15) is 39.0 Å².